The highest BCUT2D eigenvalue weighted by Crippen LogP contribution is 2.48. The number of carboxylic acids is 1. The molecule has 0 amide bonds. The molecule has 1 N–H and O–H groups in total. The number of hydrogen-bond donors (Lipinski definition) is 1. The number of aliphatic carboxylic acids is 1. The smallest absolute Gasteiger partial charge is 0.307 e. The largest absolute Gasteiger partial charge is 0.481 e. The van der Waals surface area contributed by atoms with E-state index in [9.17, 15) is 4.79 Å². The summed E-state index contributed by atoms with van der Waals surface area (Å²) < 4.78 is 0.716. The summed E-state index contributed by atoms with van der Waals surface area (Å²) in [7, 11) is 0. The van der Waals surface area contributed by atoms with Crippen LogP contribution in [0.3, 0.4) is 0 Å². The van der Waals surface area contributed by atoms with E-state index < -0.39 is 5.97 Å². The second-order valence-corrected chi connectivity index (χ2v) is 5.13. The van der Waals surface area contributed by atoms with E-state index in [1.165, 1.54) is 11.3 Å². The third kappa shape index (κ3) is 1.70. The van der Waals surface area contributed by atoms with Crippen LogP contribution in [0.2, 0.25) is 4.34 Å². The number of carboxylic acid groups (broad SMARTS) is 1. The van der Waals surface area contributed by atoms with Crippen molar-refractivity contribution in [3.8, 4) is 0 Å². The number of allylic oxidation sites excluding steroid dienone is 1. The molecule has 14 heavy (non-hydrogen) atoms. The molecule has 4 heteroatoms. The molecule has 1 heterocycles. The standard InChI is InChI=1S/C10H9ClO2S/c1-5(6-4-7(6)10(12)13)8-2-3-9(11)14-8/h2-3,6-7H,1,4H2,(H,12,13)/t6-,7?/m1/s1. The predicted molar refractivity (Wildman–Crippen MR) is 57.6 cm³/mol. The third-order valence-corrected chi connectivity index (χ3v) is 3.75. The van der Waals surface area contributed by atoms with Gasteiger partial charge in [-0.15, -0.1) is 11.3 Å². The molecule has 1 aliphatic carbocycles. The zero-order chi connectivity index (χ0) is 10.3. The van der Waals surface area contributed by atoms with Crippen LogP contribution in [0.25, 0.3) is 5.57 Å². The van der Waals surface area contributed by atoms with Crippen molar-refractivity contribution >= 4 is 34.5 Å². The van der Waals surface area contributed by atoms with E-state index in [-0.39, 0.29) is 11.8 Å². The zero-order valence-corrected chi connectivity index (χ0v) is 8.94. The fourth-order valence-corrected chi connectivity index (χ4v) is 2.60. The molecule has 1 saturated carbocycles. The van der Waals surface area contributed by atoms with E-state index in [0.29, 0.717) is 10.8 Å². The van der Waals surface area contributed by atoms with Crippen LogP contribution in [0.5, 0.6) is 0 Å². The molecule has 0 radical (unpaired) electrons. The Kier molecular flexibility index (Phi) is 2.37. The van der Waals surface area contributed by atoms with Crippen LogP contribution in [0.15, 0.2) is 18.7 Å². The van der Waals surface area contributed by atoms with Crippen molar-refractivity contribution in [3.05, 3.63) is 27.9 Å². The van der Waals surface area contributed by atoms with E-state index in [1.54, 1.807) is 0 Å². The number of halogens is 1. The Morgan fingerprint density at radius 1 is 1.57 bits per heavy atom. The van der Waals surface area contributed by atoms with Crippen molar-refractivity contribution in [2.45, 2.75) is 6.42 Å². The minimum absolute atomic E-state index is 0.113. The summed E-state index contributed by atoms with van der Waals surface area (Å²) in [6.07, 6.45) is 0.712. The van der Waals surface area contributed by atoms with E-state index in [2.05, 4.69) is 6.58 Å². The third-order valence-electron chi connectivity index (χ3n) is 2.44. The molecule has 2 rings (SSSR count). The summed E-state index contributed by atoms with van der Waals surface area (Å²) >= 11 is 7.24. The Morgan fingerprint density at radius 3 is 2.71 bits per heavy atom. The first-order chi connectivity index (χ1) is 6.59. The van der Waals surface area contributed by atoms with Crippen LogP contribution in [0.1, 0.15) is 11.3 Å². The van der Waals surface area contributed by atoms with Crippen molar-refractivity contribution in [1.82, 2.24) is 0 Å². The lowest BCUT2D eigenvalue weighted by Gasteiger charge is -1.98. The van der Waals surface area contributed by atoms with Crippen molar-refractivity contribution in [2.24, 2.45) is 11.8 Å². The average Bonchev–Trinajstić information content (AvgIpc) is 2.82. The van der Waals surface area contributed by atoms with Gasteiger partial charge in [0.05, 0.1) is 10.3 Å². The highest BCUT2D eigenvalue weighted by atomic mass is 35.5. The summed E-state index contributed by atoms with van der Waals surface area (Å²) in [5.74, 6) is -0.843. The van der Waals surface area contributed by atoms with Gasteiger partial charge in [-0.1, -0.05) is 18.2 Å². The minimum atomic E-state index is -0.723. The van der Waals surface area contributed by atoms with Crippen LogP contribution in [-0.2, 0) is 4.79 Å². The summed E-state index contributed by atoms with van der Waals surface area (Å²) in [4.78, 5) is 11.7. The highest BCUT2D eigenvalue weighted by molar-refractivity contribution is 7.17. The molecular formula is C10H9ClO2S. The second-order valence-electron chi connectivity index (χ2n) is 3.42. The normalized spacial score (nSPS) is 24.6. The molecule has 0 saturated heterocycles. The molecule has 74 valence electrons. The Morgan fingerprint density at radius 2 is 2.29 bits per heavy atom. The van der Waals surface area contributed by atoms with Gasteiger partial charge in [0.2, 0.25) is 0 Å². The predicted octanol–water partition coefficient (Wildman–Crippen LogP) is 3.14. The Balaban J connectivity index is 2.08. The van der Waals surface area contributed by atoms with Crippen molar-refractivity contribution < 1.29 is 9.90 Å². The zero-order valence-electron chi connectivity index (χ0n) is 7.37. The van der Waals surface area contributed by atoms with Gasteiger partial charge in [0, 0.05) is 4.88 Å². The summed E-state index contributed by atoms with van der Waals surface area (Å²) in [5, 5.41) is 8.76. The molecule has 0 spiro atoms. The van der Waals surface area contributed by atoms with E-state index in [1.807, 2.05) is 12.1 Å². The van der Waals surface area contributed by atoms with Crippen LogP contribution in [0.4, 0.5) is 0 Å². The Labute approximate surface area is 90.8 Å². The molecule has 0 aromatic carbocycles. The molecule has 2 atom stereocenters. The molecule has 1 fully saturated rings. The van der Waals surface area contributed by atoms with Crippen LogP contribution >= 0.6 is 22.9 Å². The quantitative estimate of drug-likeness (QED) is 0.863. The number of thiophene rings is 1. The van der Waals surface area contributed by atoms with Gasteiger partial charge in [0.25, 0.3) is 0 Å². The first-order valence-corrected chi connectivity index (χ1v) is 5.46. The maximum absolute atomic E-state index is 10.6. The fourth-order valence-electron chi connectivity index (χ4n) is 1.52. The Bertz CT molecular complexity index is 397. The molecule has 2 nitrogen and oxygen atoms in total. The molecule has 0 bridgehead atoms. The van der Waals surface area contributed by atoms with Crippen molar-refractivity contribution in [1.29, 1.82) is 0 Å². The monoisotopic (exact) mass is 228 g/mol. The SMILES string of the molecule is C=C(c1ccc(Cl)s1)[C@H]1CC1C(=O)O. The van der Waals surface area contributed by atoms with Crippen molar-refractivity contribution in [3.63, 3.8) is 0 Å². The van der Waals surface area contributed by atoms with Gasteiger partial charge in [-0.2, -0.15) is 0 Å². The number of rotatable bonds is 3. The van der Waals surface area contributed by atoms with E-state index in [4.69, 9.17) is 16.7 Å². The van der Waals surface area contributed by atoms with Crippen molar-refractivity contribution in [2.75, 3.05) is 0 Å². The Hall–Kier alpha value is -0.800. The van der Waals surface area contributed by atoms with E-state index in [0.717, 1.165) is 10.5 Å². The summed E-state index contributed by atoms with van der Waals surface area (Å²) in [6, 6.07) is 3.71. The lowest BCUT2D eigenvalue weighted by Crippen LogP contribution is -1.99. The fraction of sp³-hybridized carbons (Fsp3) is 0.300. The number of hydrogen-bond acceptors (Lipinski definition) is 2. The van der Waals surface area contributed by atoms with Gasteiger partial charge in [-0.05, 0) is 30.0 Å². The van der Waals surface area contributed by atoms with E-state index >= 15 is 0 Å². The van der Waals surface area contributed by atoms with Crippen LogP contribution in [-0.4, -0.2) is 11.1 Å². The number of carbonyl (C=O) groups is 1. The molecule has 1 aliphatic rings. The topological polar surface area (TPSA) is 37.3 Å². The molecule has 1 aromatic heterocycles. The highest BCUT2D eigenvalue weighted by Gasteiger charge is 2.45. The lowest BCUT2D eigenvalue weighted by atomic mass is 10.1. The van der Waals surface area contributed by atoms with Gasteiger partial charge in [0.15, 0.2) is 0 Å². The van der Waals surface area contributed by atoms with Crippen LogP contribution < -0.4 is 0 Å². The van der Waals surface area contributed by atoms with Crippen LogP contribution in [0, 0.1) is 11.8 Å². The lowest BCUT2D eigenvalue weighted by molar-refractivity contribution is -0.138. The minimum Gasteiger partial charge on any atom is -0.481 e. The average molecular weight is 229 g/mol. The van der Waals surface area contributed by atoms with Gasteiger partial charge in [0.1, 0.15) is 0 Å². The summed E-state index contributed by atoms with van der Waals surface area (Å²) in [6.45, 7) is 3.92. The maximum atomic E-state index is 10.6. The molecule has 0 aliphatic heterocycles. The maximum Gasteiger partial charge on any atom is 0.307 e. The molecular weight excluding hydrogens is 220 g/mol. The van der Waals surface area contributed by atoms with Gasteiger partial charge < -0.3 is 5.11 Å². The van der Waals surface area contributed by atoms with Gasteiger partial charge in [-0.3, -0.25) is 4.79 Å². The van der Waals surface area contributed by atoms with Gasteiger partial charge >= 0.3 is 5.97 Å². The van der Waals surface area contributed by atoms with Gasteiger partial charge in [-0.25, -0.2) is 0 Å². The first-order valence-electron chi connectivity index (χ1n) is 4.27. The molecule has 1 unspecified atom stereocenters. The summed E-state index contributed by atoms with van der Waals surface area (Å²) in [5.41, 5.74) is 0.911. The molecule has 1 aromatic rings. The second kappa shape index (κ2) is 3.41. The first kappa shape index (κ1) is 9.74.